The van der Waals surface area contributed by atoms with Gasteiger partial charge in [-0.05, 0) is 42.7 Å². The normalized spacial score (nSPS) is 15.8. The standard InChI is InChI=1S/C26H27ClN6O3S/c27-23-17-24(31-11-1-2-12-31)29-26(28-23)37-18-19-3-5-20(6-4-19)25(34)32-15-13-30(14-16-32)21-7-9-22(10-8-21)33(35)36/h3-10,17H,1-2,11-16,18H2. The summed E-state index contributed by atoms with van der Waals surface area (Å²) in [5, 5.41) is 12.0. The topological polar surface area (TPSA) is 95.7 Å². The number of carbonyl (C=O) groups excluding carboxylic acids is 1. The van der Waals surface area contributed by atoms with Crippen LogP contribution in [-0.4, -0.2) is 65.0 Å². The van der Waals surface area contributed by atoms with E-state index in [-0.39, 0.29) is 11.6 Å². The number of benzene rings is 2. The van der Waals surface area contributed by atoms with E-state index in [0.717, 1.165) is 30.2 Å². The van der Waals surface area contributed by atoms with Gasteiger partial charge in [0.2, 0.25) is 0 Å². The van der Waals surface area contributed by atoms with Crippen LogP contribution >= 0.6 is 23.4 Å². The third-order valence-electron chi connectivity index (χ3n) is 6.65. The van der Waals surface area contributed by atoms with Gasteiger partial charge in [-0.15, -0.1) is 0 Å². The van der Waals surface area contributed by atoms with Gasteiger partial charge in [0.25, 0.3) is 11.6 Å². The second-order valence-electron chi connectivity index (χ2n) is 9.06. The third kappa shape index (κ3) is 6.14. The number of hydrogen-bond donors (Lipinski definition) is 0. The highest BCUT2D eigenvalue weighted by Gasteiger charge is 2.23. The van der Waals surface area contributed by atoms with Crippen LogP contribution in [0.5, 0.6) is 0 Å². The van der Waals surface area contributed by atoms with Crippen molar-refractivity contribution in [3.8, 4) is 0 Å². The van der Waals surface area contributed by atoms with E-state index in [0.29, 0.717) is 47.8 Å². The second-order valence-corrected chi connectivity index (χ2v) is 10.4. The van der Waals surface area contributed by atoms with Gasteiger partial charge in [-0.2, -0.15) is 0 Å². The van der Waals surface area contributed by atoms with Gasteiger partial charge in [0.15, 0.2) is 5.16 Å². The quantitative estimate of drug-likeness (QED) is 0.138. The van der Waals surface area contributed by atoms with Crippen molar-refractivity contribution in [2.24, 2.45) is 0 Å². The number of nitro benzene ring substituents is 1. The molecule has 0 N–H and O–H groups in total. The van der Waals surface area contributed by atoms with Crippen molar-refractivity contribution in [3.05, 3.63) is 81.0 Å². The summed E-state index contributed by atoms with van der Waals surface area (Å²) in [5.74, 6) is 1.58. The maximum absolute atomic E-state index is 13.0. The summed E-state index contributed by atoms with van der Waals surface area (Å²) >= 11 is 7.77. The smallest absolute Gasteiger partial charge is 0.269 e. The van der Waals surface area contributed by atoms with E-state index in [1.807, 2.05) is 35.2 Å². The van der Waals surface area contributed by atoms with Gasteiger partial charge in [-0.25, -0.2) is 9.97 Å². The lowest BCUT2D eigenvalue weighted by atomic mass is 10.1. The lowest BCUT2D eigenvalue weighted by molar-refractivity contribution is -0.384. The number of nitrogens with zero attached hydrogens (tertiary/aromatic N) is 6. The Labute approximate surface area is 224 Å². The molecule has 0 saturated carbocycles. The molecule has 1 aromatic heterocycles. The molecular weight excluding hydrogens is 512 g/mol. The van der Waals surface area contributed by atoms with Crippen LogP contribution in [0.4, 0.5) is 17.2 Å². The number of rotatable bonds is 7. The van der Waals surface area contributed by atoms with Gasteiger partial charge in [-0.3, -0.25) is 14.9 Å². The van der Waals surface area contributed by atoms with Gasteiger partial charge in [-0.1, -0.05) is 35.5 Å². The summed E-state index contributed by atoms with van der Waals surface area (Å²) in [4.78, 5) is 38.8. The zero-order chi connectivity index (χ0) is 25.8. The SMILES string of the molecule is O=C(c1ccc(CSc2nc(Cl)cc(N3CCCC3)n2)cc1)N1CCN(c2ccc([N+](=O)[O-])cc2)CC1. The number of carbonyl (C=O) groups is 1. The predicted octanol–water partition coefficient (Wildman–Crippen LogP) is 4.89. The molecule has 3 aromatic rings. The lowest BCUT2D eigenvalue weighted by Crippen LogP contribution is -2.48. The Morgan fingerprint density at radius 2 is 1.59 bits per heavy atom. The summed E-state index contributed by atoms with van der Waals surface area (Å²) in [6.45, 7) is 4.55. The number of non-ortho nitro benzene ring substituents is 1. The van der Waals surface area contributed by atoms with Crippen molar-refractivity contribution in [1.29, 1.82) is 0 Å². The Kier molecular flexibility index (Phi) is 7.76. The minimum absolute atomic E-state index is 0.0102. The fourth-order valence-corrected chi connectivity index (χ4v) is 5.62. The Morgan fingerprint density at radius 1 is 0.919 bits per heavy atom. The molecule has 0 aliphatic carbocycles. The van der Waals surface area contributed by atoms with E-state index in [1.165, 1.54) is 36.7 Å². The molecule has 0 radical (unpaired) electrons. The predicted molar refractivity (Wildman–Crippen MR) is 146 cm³/mol. The van der Waals surface area contributed by atoms with Crippen molar-refractivity contribution >= 4 is 46.5 Å². The first-order chi connectivity index (χ1) is 18.0. The average Bonchev–Trinajstić information content (AvgIpc) is 3.47. The van der Waals surface area contributed by atoms with Crippen molar-refractivity contribution in [1.82, 2.24) is 14.9 Å². The first-order valence-electron chi connectivity index (χ1n) is 12.3. The van der Waals surface area contributed by atoms with Crippen molar-refractivity contribution in [3.63, 3.8) is 0 Å². The van der Waals surface area contributed by atoms with Crippen LogP contribution < -0.4 is 9.80 Å². The molecule has 5 rings (SSSR count). The van der Waals surface area contributed by atoms with Crippen LogP contribution in [0.1, 0.15) is 28.8 Å². The van der Waals surface area contributed by atoms with E-state index in [4.69, 9.17) is 11.6 Å². The van der Waals surface area contributed by atoms with Crippen LogP contribution in [-0.2, 0) is 5.75 Å². The third-order valence-corrected chi connectivity index (χ3v) is 7.76. The van der Waals surface area contributed by atoms with Crippen LogP contribution in [0, 0.1) is 10.1 Å². The number of halogens is 1. The van der Waals surface area contributed by atoms with Crippen LogP contribution in [0.3, 0.4) is 0 Å². The van der Waals surface area contributed by atoms with Gasteiger partial charge in [0, 0.05) is 74.5 Å². The number of thioether (sulfide) groups is 1. The van der Waals surface area contributed by atoms with Crippen molar-refractivity contribution < 1.29 is 9.72 Å². The zero-order valence-electron chi connectivity index (χ0n) is 20.3. The number of aromatic nitrogens is 2. The Morgan fingerprint density at radius 3 is 2.24 bits per heavy atom. The fraction of sp³-hybridized carbons (Fsp3) is 0.346. The molecule has 11 heteroatoms. The molecule has 0 unspecified atom stereocenters. The van der Waals surface area contributed by atoms with E-state index < -0.39 is 4.92 Å². The highest BCUT2D eigenvalue weighted by Crippen LogP contribution is 2.27. The number of piperazine rings is 1. The van der Waals surface area contributed by atoms with Gasteiger partial charge >= 0.3 is 0 Å². The largest absolute Gasteiger partial charge is 0.368 e. The van der Waals surface area contributed by atoms with Gasteiger partial charge in [0.05, 0.1) is 4.92 Å². The number of nitro groups is 1. The molecule has 2 saturated heterocycles. The Hall–Kier alpha value is -3.37. The second kappa shape index (κ2) is 11.4. The zero-order valence-corrected chi connectivity index (χ0v) is 21.8. The van der Waals surface area contributed by atoms with Crippen LogP contribution in [0.25, 0.3) is 0 Å². The molecule has 2 aliphatic heterocycles. The lowest BCUT2D eigenvalue weighted by Gasteiger charge is -2.36. The maximum Gasteiger partial charge on any atom is 0.269 e. The van der Waals surface area contributed by atoms with Gasteiger partial charge < -0.3 is 14.7 Å². The maximum atomic E-state index is 13.0. The van der Waals surface area contributed by atoms with E-state index in [2.05, 4.69) is 19.8 Å². The fourth-order valence-electron chi connectivity index (χ4n) is 4.59. The molecule has 2 aromatic carbocycles. The average molecular weight is 539 g/mol. The highest BCUT2D eigenvalue weighted by molar-refractivity contribution is 7.98. The first-order valence-corrected chi connectivity index (χ1v) is 13.6. The summed E-state index contributed by atoms with van der Waals surface area (Å²) in [7, 11) is 0. The van der Waals surface area contributed by atoms with E-state index >= 15 is 0 Å². The van der Waals surface area contributed by atoms with Crippen molar-refractivity contribution in [2.45, 2.75) is 23.8 Å². The molecule has 3 heterocycles. The monoisotopic (exact) mass is 538 g/mol. The molecular formula is C26H27ClN6O3S. The van der Waals surface area contributed by atoms with Gasteiger partial charge in [0.1, 0.15) is 11.0 Å². The Balaban J connectivity index is 1.14. The number of amides is 1. The molecule has 2 fully saturated rings. The minimum Gasteiger partial charge on any atom is -0.368 e. The van der Waals surface area contributed by atoms with Crippen LogP contribution in [0.2, 0.25) is 5.15 Å². The minimum atomic E-state index is -0.402. The molecule has 192 valence electrons. The molecule has 0 bridgehead atoms. The molecule has 37 heavy (non-hydrogen) atoms. The summed E-state index contributed by atoms with van der Waals surface area (Å²) in [6, 6.07) is 16.0. The molecule has 9 nitrogen and oxygen atoms in total. The summed E-state index contributed by atoms with van der Waals surface area (Å²) in [5.41, 5.74) is 2.74. The molecule has 1 amide bonds. The summed E-state index contributed by atoms with van der Waals surface area (Å²) < 4.78 is 0. The highest BCUT2D eigenvalue weighted by atomic mass is 35.5. The van der Waals surface area contributed by atoms with E-state index in [1.54, 1.807) is 12.1 Å². The van der Waals surface area contributed by atoms with Crippen molar-refractivity contribution in [2.75, 3.05) is 49.1 Å². The molecule has 0 atom stereocenters. The first kappa shape index (κ1) is 25.3. The number of hydrogen-bond acceptors (Lipinski definition) is 8. The molecule has 2 aliphatic rings. The molecule has 0 spiro atoms. The number of anilines is 2. The van der Waals surface area contributed by atoms with Crippen LogP contribution in [0.15, 0.2) is 59.8 Å². The van der Waals surface area contributed by atoms with E-state index in [9.17, 15) is 14.9 Å². The Bertz CT molecular complexity index is 1260. The summed E-state index contributed by atoms with van der Waals surface area (Å²) in [6.07, 6.45) is 2.34.